The van der Waals surface area contributed by atoms with Crippen LogP contribution in [0.3, 0.4) is 0 Å². The Morgan fingerprint density at radius 2 is 1.19 bits per heavy atom. The molecule has 0 amide bonds. The number of allylic oxidation sites excluding steroid dienone is 4. The van der Waals surface area contributed by atoms with Gasteiger partial charge in [0, 0.05) is 4.83 Å². The summed E-state index contributed by atoms with van der Waals surface area (Å²) >= 11 is 3.72. The zero-order valence-electron chi connectivity index (χ0n) is 16.8. The highest BCUT2D eigenvalue weighted by molar-refractivity contribution is 9.09. The second kappa shape index (κ2) is 7.60. The highest BCUT2D eigenvalue weighted by Gasteiger charge is 2.29. The van der Waals surface area contributed by atoms with Crippen LogP contribution in [0.15, 0.2) is 48.0 Å². The summed E-state index contributed by atoms with van der Waals surface area (Å²) in [5.74, 6) is 0. The van der Waals surface area contributed by atoms with Gasteiger partial charge in [-0.25, -0.2) is 0 Å². The summed E-state index contributed by atoms with van der Waals surface area (Å²) in [4.78, 5) is 0.451. The van der Waals surface area contributed by atoms with Gasteiger partial charge in [-0.3, -0.25) is 0 Å². The SMILES string of the molecule is Cc1cc(C)c(B(C2=CCC(Br)C=C2)c2c(C)cc(C)cc2C)c(C)c1. The maximum atomic E-state index is 3.72. The van der Waals surface area contributed by atoms with E-state index in [0.29, 0.717) is 11.5 Å². The first-order valence-electron chi connectivity index (χ1n) is 9.45. The number of halogens is 1. The zero-order valence-corrected chi connectivity index (χ0v) is 18.4. The van der Waals surface area contributed by atoms with Crippen LogP contribution in [0.1, 0.15) is 39.8 Å². The van der Waals surface area contributed by atoms with Gasteiger partial charge in [-0.2, -0.15) is 0 Å². The maximum absolute atomic E-state index is 3.72. The van der Waals surface area contributed by atoms with Crippen LogP contribution in [0.5, 0.6) is 0 Å². The molecule has 0 bridgehead atoms. The predicted molar refractivity (Wildman–Crippen MR) is 121 cm³/mol. The third-order valence-electron chi connectivity index (χ3n) is 5.46. The molecule has 1 aliphatic rings. The molecule has 0 saturated heterocycles. The van der Waals surface area contributed by atoms with E-state index in [0.717, 1.165) is 6.42 Å². The molecule has 134 valence electrons. The Balaban J connectivity index is 2.28. The Hall–Kier alpha value is -1.54. The van der Waals surface area contributed by atoms with Crippen molar-refractivity contribution in [1.29, 1.82) is 0 Å². The van der Waals surface area contributed by atoms with Crippen molar-refractivity contribution in [2.45, 2.75) is 52.8 Å². The molecule has 2 aromatic rings. The third-order valence-corrected chi connectivity index (χ3v) is 6.14. The summed E-state index contributed by atoms with van der Waals surface area (Å²) in [6.07, 6.45) is 8.09. The second-order valence-electron chi connectivity index (χ2n) is 7.87. The Morgan fingerprint density at radius 1 is 0.769 bits per heavy atom. The van der Waals surface area contributed by atoms with E-state index >= 15 is 0 Å². The molecule has 0 N–H and O–H groups in total. The normalized spacial score (nSPS) is 16.6. The lowest BCUT2D eigenvalue weighted by molar-refractivity contribution is 1.07. The number of benzene rings is 2. The molecule has 2 heteroatoms. The van der Waals surface area contributed by atoms with Gasteiger partial charge in [-0.15, -0.1) is 0 Å². The Kier molecular flexibility index (Phi) is 5.62. The Morgan fingerprint density at radius 3 is 1.54 bits per heavy atom. The van der Waals surface area contributed by atoms with E-state index in [1.54, 1.807) is 0 Å². The first kappa shape index (κ1) is 19.2. The molecular formula is C24H28BBr. The van der Waals surface area contributed by atoms with Gasteiger partial charge in [-0.1, -0.05) is 108 Å². The van der Waals surface area contributed by atoms with E-state index in [-0.39, 0.29) is 0 Å². The first-order chi connectivity index (χ1) is 12.3. The van der Waals surface area contributed by atoms with E-state index in [2.05, 4.69) is 100.0 Å². The van der Waals surface area contributed by atoms with Crippen molar-refractivity contribution < 1.29 is 0 Å². The molecule has 0 aromatic heterocycles. The van der Waals surface area contributed by atoms with Crippen molar-refractivity contribution in [2.24, 2.45) is 0 Å². The van der Waals surface area contributed by atoms with Gasteiger partial charge < -0.3 is 0 Å². The van der Waals surface area contributed by atoms with Crippen molar-refractivity contribution in [3.63, 3.8) is 0 Å². The number of rotatable bonds is 3. The van der Waals surface area contributed by atoms with Crippen LogP contribution >= 0.6 is 15.9 Å². The number of hydrogen-bond donors (Lipinski definition) is 0. The molecule has 1 unspecified atom stereocenters. The van der Waals surface area contributed by atoms with Crippen molar-refractivity contribution in [2.75, 3.05) is 0 Å². The highest BCUT2D eigenvalue weighted by atomic mass is 79.9. The van der Waals surface area contributed by atoms with E-state index in [1.165, 1.54) is 49.8 Å². The van der Waals surface area contributed by atoms with E-state index < -0.39 is 0 Å². The average Bonchev–Trinajstić information content (AvgIpc) is 2.52. The first-order valence-corrected chi connectivity index (χ1v) is 10.4. The molecule has 0 saturated carbocycles. The molecule has 0 aliphatic heterocycles. The summed E-state index contributed by atoms with van der Waals surface area (Å²) in [5, 5.41) is 0. The second-order valence-corrected chi connectivity index (χ2v) is 9.05. The number of hydrogen-bond acceptors (Lipinski definition) is 0. The van der Waals surface area contributed by atoms with Crippen LogP contribution in [0.25, 0.3) is 0 Å². The summed E-state index contributed by atoms with van der Waals surface area (Å²) in [6, 6.07) is 9.31. The van der Waals surface area contributed by atoms with Crippen molar-refractivity contribution >= 4 is 33.6 Å². The van der Waals surface area contributed by atoms with E-state index in [4.69, 9.17) is 0 Å². The summed E-state index contributed by atoms with van der Waals surface area (Å²) < 4.78 is 0. The molecule has 0 radical (unpaired) electrons. The van der Waals surface area contributed by atoms with Gasteiger partial charge in [0.1, 0.15) is 0 Å². The molecule has 0 spiro atoms. The minimum Gasteiger partial charge on any atom is -0.0878 e. The molecule has 0 nitrogen and oxygen atoms in total. The van der Waals surface area contributed by atoms with Crippen LogP contribution in [-0.2, 0) is 0 Å². The van der Waals surface area contributed by atoms with Crippen LogP contribution in [0.2, 0.25) is 0 Å². The van der Waals surface area contributed by atoms with Gasteiger partial charge in [0.05, 0.1) is 0 Å². The topological polar surface area (TPSA) is 0 Å². The lowest BCUT2D eigenvalue weighted by Crippen LogP contribution is -2.49. The number of aryl methyl sites for hydroxylation is 6. The van der Waals surface area contributed by atoms with Gasteiger partial charge in [0.15, 0.2) is 0 Å². The molecule has 0 fully saturated rings. The monoisotopic (exact) mass is 406 g/mol. The van der Waals surface area contributed by atoms with Gasteiger partial charge in [0.2, 0.25) is 6.71 Å². The van der Waals surface area contributed by atoms with Crippen LogP contribution in [0.4, 0.5) is 0 Å². The molecule has 26 heavy (non-hydrogen) atoms. The van der Waals surface area contributed by atoms with Crippen LogP contribution in [-0.4, -0.2) is 11.5 Å². The fourth-order valence-electron chi connectivity index (χ4n) is 4.60. The largest absolute Gasteiger partial charge is 0.242 e. The Labute approximate surface area is 167 Å². The van der Waals surface area contributed by atoms with E-state index in [1.807, 2.05) is 0 Å². The lowest BCUT2D eigenvalue weighted by atomic mass is 9.33. The molecular weight excluding hydrogens is 379 g/mol. The number of alkyl halides is 1. The minimum absolute atomic E-state index is 0.299. The van der Waals surface area contributed by atoms with Gasteiger partial charge >= 0.3 is 0 Å². The summed E-state index contributed by atoms with van der Waals surface area (Å²) in [6.45, 7) is 13.7. The van der Waals surface area contributed by atoms with Gasteiger partial charge in [-0.05, 0) is 48.0 Å². The quantitative estimate of drug-likeness (QED) is 0.477. The molecule has 3 rings (SSSR count). The van der Waals surface area contributed by atoms with Crippen LogP contribution in [0, 0.1) is 41.5 Å². The lowest BCUT2D eigenvalue weighted by Gasteiger charge is -2.26. The van der Waals surface area contributed by atoms with Crippen LogP contribution < -0.4 is 10.9 Å². The van der Waals surface area contributed by atoms with E-state index in [9.17, 15) is 0 Å². The highest BCUT2D eigenvalue weighted by Crippen LogP contribution is 2.22. The van der Waals surface area contributed by atoms with Gasteiger partial charge in [0.25, 0.3) is 0 Å². The van der Waals surface area contributed by atoms with Crippen molar-refractivity contribution in [3.05, 3.63) is 81.3 Å². The predicted octanol–water partition coefficient (Wildman–Crippen LogP) is 5.34. The average molecular weight is 407 g/mol. The third kappa shape index (κ3) is 3.76. The Bertz CT molecular complexity index is 801. The molecule has 2 aromatic carbocycles. The summed E-state index contributed by atoms with van der Waals surface area (Å²) in [7, 11) is 0. The smallest absolute Gasteiger partial charge is 0.0878 e. The maximum Gasteiger partial charge on any atom is 0.242 e. The fraction of sp³-hybridized carbons (Fsp3) is 0.333. The molecule has 1 atom stereocenters. The molecule has 1 aliphatic carbocycles. The zero-order chi connectivity index (χ0) is 19.0. The summed E-state index contributed by atoms with van der Waals surface area (Å²) in [5.41, 5.74) is 12.6. The van der Waals surface area contributed by atoms with Crippen molar-refractivity contribution in [1.82, 2.24) is 0 Å². The minimum atomic E-state index is 0.299. The fourth-order valence-corrected chi connectivity index (χ4v) is 4.94. The molecule has 0 heterocycles. The standard InChI is InChI=1S/C24H28BBr/c1-15-11-17(3)23(18(4)12-15)25(21-7-9-22(26)10-8-21)24-19(5)13-16(2)14-20(24)6/h7-9,11-14,22H,10H2,1-6H3. The van der Waals surface area contributed by atoms with Crippen molar-refractivity contribution in [3.8, 4) is 0 Å².